The number of carbonyl (C=O) groups excluding carboxylic acids is 2. The first kappa shape index (κ1) is 17.7. The zero-order valence-electron chi connectivity index (χ0n) is 14.6. The quantitative estimate of drug-likeness (QED) is 0.674. The van der Waals surface area contributed by atoms with E-state index in [4.69, 9.17) is 4.74 Å². The van der Waals surface area contributed by atoms with Gasteiger partial charge in [0.05, 0.1) is 6.42 Å². The Balaban J connectivity index is 1.88. The van der Waals surface area contributed by atoms with E-state index in [1.165, 1.54) is 0 Å². The molecule has 0 bridgehead atoms. The molecule has 0 aliphatic carbocycles. The molecule has 0 aliphatic heterocycles. The van der Waals surface area contributed by atoms with Crippen molar-refractivity contribution in [3.05, 3.63) is 64.2 Å². The number of esters is 1. The van der Waals surface area contributed by atoms with Crippen LogP contribution in [0.15, 0.2) is 36.4 Å². The first-order valence-corrected chi connectivity index (χ1v) is 8.01. The Morgan fingerprint density at radius 2 is 1.58 bits per heavy atom. The van der Waals surface area contributed by atoms with Gasteiger partial charge in [-0.05, 0) is 50.5 Å². The third-order valence-corrected chi connectivity index (χ3v) is 3.82. The van der Waals surface area contributed by atoms with E-state index in [2.05, 4.69) is 5.32 Å². The maximum Gasteiger partial charge on any atom is 0.312 e. The van der Waals surface area contributed by atoms with Crippen LogP contribution in [0.4, 0.5) is 0 Å². The third kappa shape index (κ3) is 4.44. The lowest BCUT2D eigenvalue weighted by Crippen LogP contribution is -2.27. The molecule has 24 heavy (non-hydrogen) atoms. The minimum absolute atomic E-state index is 0.129. The Morgan fingerprint density at radius 3 is 2.21 bits per heavy atom. The van der Waals surface area contributed by atoms with Crippen molar-refractivity contribution in [2.24, 2.45) is 0 Å². The number of hydrogen-bond donors (Lipinski definition) is 1. The second kappa shape index (κ2) is 7.77. The van der Waals surface area contributed by atoms with Gasteiger partial charge in [0.2, 0.25) is 0 Å². The van der Waals surface area contributed by atoms with E-state index < -0.39 is 0 Å². The normalized spacial score (nSPS) is 10.3. The highest BCUT2D eigenvalue weighted by Crippen LogP contribution is 2.24. The zero-order valence-corrected chi connectivity index (χ0v) is 14.6. The van der Waals surface area contributed by atoms with Crippen LogP contribution in [0.5, 0.6) is 5.75 Å². The highest BCUT2D eigenvalue weighted by Gasteiger charge is 2.12. The molecule has 2 aromatic carbocycles. The fourth-order valence-electron chi connectivity index (χ4n) is 2.69. The number of ether oxygens (including phenoxy) is 1. The summed E-state index contributed by atoms with van der Waals surface area (Å²) < 4.78 is 5.45. The standard InChI is InChI=1S/C20H23NO3/c1-13-11-15(3)19(16(4)12-13)24-18(22)9-10-21-20(23)17-8-6-5-7-14(17)2/h5-8,11-12H,9-10H2,1-4H3,(H,21,23). The fraction of sp³-hybridized carbons (Fsp3) is 0.300. The van der Waals surface area contributed by atoms with Gasteiger partial charge in [-0.25, -0.2) is 0 Å². The number of amides is 1. The van der Waals surface area contributed by atoms with Crippen molar-refractivity contribution < 1.29 is 14.3 Å². The predicted octanol–water partition coefficient (Wildman–Crippen LogP) is 3.65. The van der Waals surface area contributed by atoms with Gasteiger partial charge in [-0.2, -0.15) is 0 Å². The molecule has 126 valence electrons. The molecule has 0 saturated carbocycles. The van der Waals surface area contributed by atoms with Gasteiger partial charge in [0.15, 0.2) is 0 Å². The van der Waals surface area contributed by atoms with Crippen molar-refractivity contribution in [3.8, 4) is 5.75 Å². The molecular weight excluding hydrogens is 302 g/mol. The summed E-state index contributed by atoms with van der Waals surface area (Å²) in [5.41, 5.74) is 4.53. The molecule has 0 heterocycles. The molecule has 4 heteroatoms. The van der Waals surface area contributed by atoms with Gasteiger partial charge in [-0.3, -0.25) is 9.59 Å². The zero-order chi connectivity index (χ0) is 17.7. The Bertz CT molecular complexity index is 742. The van der Waals surface area contributed by atoms with Crippen molar-refractivity contribution >= 4 is 11.9 Å². The van der Waals surface area contributed by atoms with Gasteiger partial charge in [0, 0.05) is 12.1 Å². The molecule has 0 saturated heterocycles. The van der Waals surface area contributed by atoms with E-state index >= 15 is 0 Å². The van der Waals surface area contributed by atoms with E-state index in [0.717, 1.165) is 22.3 Å². The number of benzene rings is 2. The molecule has 0 radical (unpaired) electrons. The fourth-order valence-corrected chi connectivity index (χ4v) is 2.69. The third-order valence-electron chi connectivity index (χ3n) is 3.82. The molecule has 0 unspecified atom stereocenters. The number of nitrogens with one attached hydrogen (secondary N) is 1. The van der Waals surface area contributed by atoms with Gasteiger partial charge in [-0.1, -0.05) is 35.9 Å². The van der Waals surface area contributed by atoms with E-state index in [-0.39, 0.29) is 24.8 Å². The lowest BCUT2D eigenvalue weighted by atomic mass is 10.1. The van der Waals surface area contributed by atoms with Crippen molar-refractivity contribution in [2.45, 2.75) is 34.1 Å². The Kier molecular flexibility index (Phi) is 5.74. The second-order valence-electron chi connectivity index (χ2n) is 6.02. The summed E-state index contributed by atoms with van der Waals surface area (Å²) in [6, 6.07) is 11.3. The average Bonchev–Trinajstić information content (AvgIpc) is 2.51. The van der Waals surface area contributed by atoms with Crippen LogP contribution < -0.4 is 10.1 Å². The molecule has 0 atom stereocenters. The minimum Gasteiger partial charge on any atom is -0.426 e. The van der Waals surface area contributed by atoms with E-state index in [9.17, 15) is 9.59 Å². The van der Waals surface area contributed by atoms with Crippen molar-refractivity contribution in [3.63, 3.8) is 0 Å². The molecule has 2 aromatic rings. The topological polar surface area (TPSA) is 55.4 Å². The molecule has 0 spiro atoms. The summed E-state index contributed by atoms with van der Waals surface area (Å²) >= 11 is 0. The van der Waals surface area contributed by atoms with Crippen LogP contribution in [0.1, 0.15) is 39.0 Å². The lowest BCUT2D eigenvalue weighted by Gasteiger charge is -2.12. The summed E-state index contributed by atoms with van der Waals surface area (Å²) in [5.74, 6) is 0.0783. The van der Waals surface area contributed by atoms with E-state index in [0.29, 0.717) is 11.3 Å². The molecule has 0 fully saturated rings. The SMILES string of the molecule is Cc1cc(C)c(OC(=O)CCNC(=O)c2ccccc2C)c(C)c1. The minimum atomic E-state index is -0.352. The first-order valence-electron chi connectivity index (χ1n) is 8.01. The molecule has 1 amide bonds. The van der Waals surface area contributed by atoms with Crippen LogP contribution >= 0.6 is 0 Å². The van der Waals surface area contributed by atoms with Gasteiger partial charge < -0.3 is 10.1 Å². The number of hydrogen-bond acceptors (Lipinski definition) is 3. The molecule has 0 aliphatic rings. The monoisotopic (exact) mass is 325 g/mol. The van der Waals surface area contributed by atoms with E-state index in [1.54, 1.807) is 6.07 Å². The van der Waals surface area contributed by atoms with Gasteiger partial charge in [0.1, 0.15) is 5.75 Å². The van der Waals surface area contributed by atoms with E-state index in [1.807, 2.05) is 58.0 Å². The van der Waals surface area contributed by atoms with Crippen LogP contribution in [-0.2, 0) is 4.79 Å². The summed E-state index contributed by atoms with van der Waals surface area (Å²) in [6.07, 6.45) is 0.129. The highest BCUT2D eigenvalue weighted by molar-refractivity contribution is 5.95. The van der Waals surface area contributed by atoms with Crippen LogP contribution in [0, 0.1) is 27.7 Å². The largest absolute Gasteiger partial charge is 0.426 e. The molecule has 0 aromatic heterocycles. The summed E-state index contributed by atoms with van der Waals surface area (Å²) in [7, 11) is 0. The molecule has 1 N–H and O–H groups in total. The summed E-state index contributed by atoms with van der Waals surface area (Å²) in [4.78, 5) is 24.1. The number of rotatable bonds is 5. The lowest BCUT2D eigenvalue weighted by molar-refractivity contribution is -0.134. The van der Waals surface area contributed by atoms with Crippen LogP contribution in [0.25, 0.3) is 0 Å². The Hall–Kier alpha value is -2.62. The molecule has 2 rings (SSSR count). The van der Waals surface area contributed by atoms with Gasteiger partial charge in [-0.15, -0.1) is 0 Å². The Labute approximate surface area is 142 Å². The van der Waals surface area contributed by atoms with Crippen LogP contribution in [0.3, 0.4) is 0 Å². The van der Waals surface area contributed by atoms with Crippen molar-refractivity contribution in [2.75, 3.05) is 6.54 Å². The maximum atomic E-state index is 12.1. The predicted molar refractivity (Wildman–Crippen MR) is 94.4 cm³/mol. The van der Waals surface area contributed by atoms with Crippen LogP contribution in [-0.4, -0.2) is 18.4 Å². The van der Waals surface area contributed by atoms with Crippen molar-refractivity contribution in [1.29, 1.82) is 0 Å². The maximum absolute atomic E-state index is 12.1. The number of carbonyl (C=O) groups is 2. The molecule has 4 nitrogen and oxygen atoms in total. The average molecular weight is 325 g/mol. The second-order valence-corrected chi connectivity index (χ2v) is 6.02. The van der Waals surface area contributed by atoms with Gasteiger partial charge >= 0.3 is 5.97 Å². The summed E-state index contributed by atoms with van der Waals surface area (Å²) in [5, 5.41) is 2.76. The summed E-state index contributed by atoms with van der Waals surface area (Å²) in [6.45, 7) is 7.97. The van der Waals surface area contributed by atoms with Crippen molar-refractivity contribution in [1.82, 2.24) is 5.32 Å². The van der Waals surface area contributed by atoms with Gasteiger partial charge in [0.25, 0.3) is 5.91 Å². The smallest absolute Gasteiger partial charge is 0.312 e. The van der Waals surface area contributed by atoms with Crippen LogP contribution in [0.2, 0.25) is 0 Å². The Morgan fingerprint density at radius 1 is 0.958 bits per heavy atom. The number of aryl methyl sites for hydroxylation is 4. The molecular formula is C20H23NO3. The first-order chi connectivity index (χ1) is 11.4. The highest BCUT2D eigenvalue weighted by atomic mass is 16.5.